The number of fused-ring (bicyclic) bond motifs is 1. The number of piperazine rings is 1. The molecule has 35 heavy (non-hydrogen) atoms. The highest BCUT2D eigenvalue weighted by Crippen LogP contribution is 2.33. The summed E-state index contributed by atoms with van der Waals surface area (Å²) in [6.45, 7) is 4.09. The number of tetrazole rings is 1. The molecule has 2 aliphatic heterocycles. The van der Waals surface area contributed by atoms with Crippen LogP contribution in [0.2, 0.25) is 0 Å². The number of hydrogen-bond donors (Lipinski definition) is 0. The molecule has 3 aromatic carbocycles. The van der Waals surface area contributed by atoms with Crippen molar-refractivity contribution in [2.24, 2.45) is 0 Å². The average Bonchev–Trinajstić information content (AvgIpc) is 3.55. The molecule has 1 aromatic heterocycles. The van der Waals surface area contributed by atoms with Crippen LogP contribution in [0.5, 0.6) is 11.5 Å². The number of aromatic nitrogens is 4. The van der Waals surface area contributed by atoms with E-state index in [0.29, 0.717) is 6.54 Å². The zero-order valence-corrected chi connectivity index (χ0v) is 19.1. The zero-order valence-electron chi connectivity index (χ0n) is 19.1. The van der Waals surface area contributed by atoms with Gasteiger partial charge in [-0.1, -0.05) is 36.4 Å². The molecule has 1 fully saturated rings. The van der Waals surface area contributed by atoms with E-state index in [1.54, 1.807) is 0 Å². The van der Waals surface area contributed by atoms with Crippen molar-refractivity contribution in [1.82, 2.24) is 25.1 Å². The summed E-state index contributed by atoms with van der Waals surface area (Å²) in [4.78, 5) is 4.70. The topological polar surface area (TPSA) is 68.5 Å². The lowest BCUT2D eigenvalue weighted by Crippen LogP contribution is -2.48. The van der Waals surface area contributed by atoms with Crippen molar-refractivity contribution in [2.75, 3.05) is 37.9 Å². The van der Waals surface area contributed by atoms with Crippen LogP contribution in [-0.4, -0.2) is 58.1 Å². The third-order valence-corrected chi connectivity index (χ3v) is 6.56. The van der Waals surface area contributed by atoms with E-state index < -0.39 is 0 Å². The Morgan fingerprint density at radius 2 is 1.63 bits per heavy atom. The van der Waals surface area contributed by atoms with Gasteiger partial charge in [-0.15, -0.1) is 5.10 Å². The first kappa shape index (κ1) is 21.5. The molecule has 3 heterocycles. The number of nitrogens with zero attached hydrogens (tertiary/aromatic N) is 6. The van der Waals surface area contributed by atoms with Crippen molar-refractivity contribution in [1.29, 1.82) is 0 Å². The summed E-state index contributed by atoms with van der Waals surface area (Å²) < 4.78 is 26.2. The van der Waals surface area contributed by atoms with E-state index in [0.717, 1.165) is 60.3 Å². The molecule has 8 nitrogen and oxygen atoms in total. The molecule has 4 aromatic rings. The molecule has 6 rings (SSSR count). The van der Waals surface area contributed by atoms with Gasteiger partial charge < -0.3 is 14.4 Å². The molecule has 0 bridgehead atoms. The van der Waals surface area contributed by atoms with Crippen LogP contribution >= 0.6 is 0 Å². The third kappa shape index (κ3) is 4.42. The van der Waals surface area contributed by atoms with Crippen molar-refractivity contribution in [3.05, 3.63) is 95.6 Å². The van der Waals surface area contributed by atoms with Gasteiger partial charge in [-0.2, -0.15) is 0 Å². The largest absolute Gasteiger partial charge is 0.454 e. The van der Waals surface area contributed by atoms with Gasteiger partial charge in [-0.05, 0) is 58.0 Å². The lowest BCUT2D eigenvalue weighted by Gasteiger charge is -2.39. The summed E-state index contributed by atoms with van der Waals surface area (Å²) >= 11 is 0. The lowest BCUT2D eigenvalue weighted by molar-refractivity contribution is 0.174. The molecule has 178 valence electrons. The highest BCUT2D eigenvalue weighted by atomic mass is 19.1. The van der Waals surface area contributed by atoms with Crippen LogP contribution in [0.15, 0.2) is 72.8 Å². The van der Waals surface area contributed by atoms with Crippen molar-refractivity contribution in [2.45, 2.75) is 12.6 Å². The minimum absolute atomic E-state index is 0.0874. The molecule has 1 atom stereocenters. The molecule has 0 unspecified atom stereocenters. The Morgan fingerprint density at radius 1 is 0.857 bits per heavy atom. The van der Waals surface area contributed by atoms with E-state index in [1.165, 1.54) is 12.1 Å². The Balaban J connectivity index is 1.26. The Kier molecular flexibility index (Phi) is 5.75. The Morgan fingerprint density at radius 3 is 2.43 bits per heavy atom. The Bertz CT molecular complexity index is 1290. The molecule has 0 spiro atoms. The van der Waals surface area contributed by atoms with E-state index in [-0.39, 0.29) is 18.7 Å². The minimum Gasteiger partial charge on any atom is -0.454 e. The number of rotatable bonds is 6. The van der Waals surface area contributed by atoms with Crippen LogP contribution in [0.25, 0.3) is 0 Å². The second-order valence-corrected chi connectivity index (χ2v) is 8.70. The van der Waals surface area contributed by atoms with Gasteiger partial charge in [0, 0.05) is 31.9 Å². The smallest absolute Gasteiger partial charge is 0.231 e. The lowest BCUT2D eigenvalue weighted by atomic mass is 10.0. The molecule has 9 heteroatoms. The fourth-order valence-corrected chi connectivity index (χ4v) is 4.78. The highest BCUT2D eigenvalue weighted by molar-refractivity contribution is 5.47. The van der Waals surface area contributed by atoms with Gasteiger partial charge in [0.15, 0.2) is 17.3 Å². The van der Waals surface area contributed by atoms with E-state index >= 15 is 0 Å². The van der Waals surface area contributed by atoms with Gasteiger partial charge in [0.05, 0.1) is 12.6 Å². The molecule has 0 amide bonds. The number of anilines is 1. The second-order valence-electron chi connectivity index (χ2n) is 8.70. The molecule has 0 N–H and O–H groups in total. The summed E-state index contributed by atoms with van der Waals surface area (Å²) in [6.07, 6.45) is 0. The molecule has 0 saturated carbocycles. The summed E-state index contributed by atoms with van der Waals surface area (Å²) in [6, 6.07) is 22.9. The predicted molar refractivity (Wildman–Crippen MR) is 128 cm³/mol. The maximum atomic E-state index is 13.4. The van der Waals surface area contributed by atoms with E-state index in [4.69, 9.17) is 9.47 Å². The Hall–Kier alpha value is -3.98. The maximum absolute atomic E-state index is 13.4. The summed E-state index contributed by atoms with van der Waals surface area (Å²) in [5, 5.41) is 12.8. The van der Waals surface area contributed by atoms with Crippen LogP contribution < -0.4 is 14.4 Å². The molecular formula is C26H25FN6O2. The maximum Gasteiger partial charge on any atom is 0.231 e. The second kappa shape index (κ2) is 9.34. The highest BCUT2D eigenvalue weighted by Gasteiger charge is 2.31. The molecule has 2 aliphatic rings. The van der Waals surface area contributed by atoms with E-state index in [1.807, 2.05) is 53.2 Å². The van der Waals surface area contributed by atoms with E-state index in [2.05, 4.69) is 37.5 Å². The standard InChI is InChI=1S/C26H25FN6O2/c27-21-7-9-22(10-8-21)31-12-14-32(15-13-31)25(20-4-2-1-3-5-20)26-28-29-30-33(26)17-19-6-11-23-24(16-19)35-18-34-23/h1-11,16,25H,12-15,17-18H2/t25-/m0/s1. The molecule has 0 aliphatic carbocycles. The van der Waals surface area contributed by atoms with Gasteiger partial charge in [0.25, 0.3) is 0 Å². The van der Waals surface area contributed by atoms with Crippen molar-refractivity contribution in [3.8, 4) is 11.5 Å². The summed E-state index contributed by atoms with van der Waals surface area (Å²) in [7, 11) is 0. The van der Waals surface area contributed by atoms with Gasteiger partial charge in [0.1, 0.15) is 5.82 Å². The molecule has 0 radical (unpaired) electrons. The first-order valence-corrected chi connectivity index (χ1v) is 11.7. The SMILES string of the molecule is Fc1ccc(N2CCN([C@@H](c3ccccc3)c3nnnn3Cc3ccc4c(c3)OCO4)CC2)cc1. The average molecular weight is 473 g/mol. The van der Waals surface area contributed by atoms with Crippen molar-refractivity contribution >= 4 is 5.69 Å². The summed E-state index contributed by atoms with van der Waals surface area (Å²) in [5.41, 5.74) is 3.22. The van der Waals surface area contributed by atoms with Gasteiger partial charge >= 0.3 is 0 Å². The number of halogens is 1. The van der Waals surface area contributed by atoms with Crippen LogP contribution in [0.1, 0.15) is 23.0 Å². The van der Waals surface area contributed by atoms with E-state index in [9.17, 15) is 4.39 Å². The fraction of sp³-hybridized carbons (Fsp3) is 0.269. The van der Waals surface area contributed by atoms with Gasteiger partial charge in [0.2, 0.25) is 6.79 Å². The zero-order chi connectivity index (χ0) is 23.6. The summed E-state index contributed by atoms with van der Waals surface area (Å²) in [5.74, 6) is 2.08. The molecular weight excluding hydrogens is 447 g/mol. The fourth-order valence-electron chi connectivity index (χ4n) is 4.78. The van der Waals surface area contributed by atoms with Gasteiger partial charge in [-0.25, -0.2) is 9.07 Å². The van der Waals surface area contributed by atoms with Crippen LogP contribution in [0.4, 0.5) is 10.1 Å². The van der Waals surface area contributed by atoms with Gasteiger partial charge in [-0.3, -0.25) is 4.90 Å². The van der Waals surface area contributed by atoms with Crippen LogP contribution in [0.3, 0.4) is 0 Å². The third-order valence-electron chi connectivity index (χ3n) is 6.56. The predicted octanol–water partition coefficient (Wildman–Crippen LogP) is 3.50. The molecule has 1 saturated heterocycles. The first-order valence-electron chi connectivity index (χ1n) is 11.7. The van der Waals surface area contributed by atoms with Crippen molar-refractivity contribution in [3.63, 3.8) is 0 Å². The quantitative estimate of drug-likeness (QED) is 0.426. The van der Waals surface area contributed by atoms with Crippen LogP contribution in [-0.2, 0) is 6.54 Å². The minimum atomic E-state index is -0.217. The van der Waals surface area contributed by atoms with Crippen molar-refractivity contribution < 1.29 is 13.9 Å². The monoisotopic (exact) mass is 472 g/mol. The first-order chi connectivity index (χ1) is 17.2. The number of benzene rings is 3. The number of ether oxygens (including phenoxy) is 2. The Labute approximate surface area is 202 Å². The van der Waals surface area contributed by atoms with Crippen LogP contribution in [0, 0.1) is 5.82 Å². The number of hydrogen-bond acceptors (Lipinski definition) is 7. The normalized spacial score (nSPS) is 16.4.